The summed E-state index contributed by atoms with van der Waals surface area (Å²) < 4.78 is 0.505. The number of anilines is 1. The third kappa shape index (κ3) is 6.68. The van der Waals surface area contributed by atoms with Gasteiger partial charge in [0.15, 0.2) is 0 Å². The molecule has 2 aromatic rings. The maximum absolute atomic E-state index is 12.7. The Labute approximate surface area is 201 Å². The van der Waals surface area contributed by atoms with Crippen molar-refractivity contribution in [2.75, 3.05) is 11.9 Å². The molecular weight excluding hydrogens is 471 g/mol. The van der Waals surface area contributed by atoms with E-state index in [0.29, 0.717) is 37.9 Å². The predicted molar refractivity (Wildman–Crippen MR) is 134 cm³/mol. The highest BCUT2D eigenvalue weighted by molar-refractivity contribution is 8.26. The van der Waals surface area contributed by atoms with Crippen molar-refractivity contribution < 1.29 is 9.59 Å². The molecule has 4 nitrogen and oxygen atoms in total. The lowest BCUT2D eigenvalue weighted by molar-refractivity contribution is -0.122. The number of hydrogen-bond donors (Lipinski definition) is 1. The summed E-state index contributed by atoms with van der Waals surface area (Å²) in [5.74, 6) is -0.316. The third-order valence-corrected chi connectivity index (χ3v) is 6.34. The van der Waals surface area contributed by atoms with Crippen LogP contribution in [0.1, 0.15) is 25.3 Å². The number of hydrogen-bond acceptors (Lipinski definition) is 4. The molecule has 8 heteroatoms. The standard InChI is InChI=1S/C23H20Cl2N2O2S2/c1-15(12-16-6-3-2-4-7-16)13-20-22(29)27(23(30)31-20)11-5-8-21(28)26-19-10-9-17(24)14-18(19)25/h2-4,6-7,9-10,12-14H,5,8,11H2,1H3,(H,26,28). The minimum Gasteiger partial charge on any atom is -0.325 e. The van der Waals surface area contributed by atoms with Crippen LogP contribution in [0.25, 0.3) is 6.08 Å². The molecule has 1 fully saturated rings. The summed E-state index contributed by atoms with van der Waals surface area (Å²) in [4.78, 5) is 27.1. The van der Waals surface area contributed by atoms with Crippen molar-refractivity contribution in [3.63, 3.8) is 0 Å². The van der Waals surface area contributed by atoms with Crippen molar-refractivity contribution >= 4 is 75.1 Å². The number of nitrogens with one attached hydrogen (secondary N) is 1. The Morgan fingerprint density at radius 3 is 2.65 bits per heavy atom. The molecule has 1 N–H and O–H groups in total. The van der Waals surface area contributed by atoms with Crippen LogP contribution in [0.15, 0.2) is 65.1 Å². The number of nitrogens with zero attached hydrogens (tertiary/aromatic N) is 1. The summed E-state index contributed by atoms with van der Waals surface area (Å²) in [7, 11) is 0. The zero-order valence-corrected chi connectivity index (χ0v) is 19.9. The van der Waals surface area contributed by atoms with Gasteiger partial charge in [-0.15, -0.1) is 0 Å². The summed E-state index contributed by atoms with van der Waals surface area (Å²) >= 11 is 18.6. The molecule has 0 saturated carbocycles. The van der Waals surface area contributed by atoms with Crippen LogP contribution in [0.5, 0.6) is 0 Å². The van der Waals surface area contributed by atoms with Crippen molar-refractivity contribution in [2.24, 2.45) is 0 Å². The molecule has 2 aromatic carbocycles. The maximum Gasteiger partial charge on any atom is 0.266 e. The fourth-order valence-corrected chi connectivity index (χ4v) is 4.77. The molecule has 0 unspecified atom stereocenters. The van der Waals surface area contributed by atoms with E-state index in [2.05, 4.69) is 5.32 Å². The van der Waals surface area contributed by atoms with Crippen LogP contribution in [-0.2, 0) is 9.59 Å². The smallest absolute Gasteiger partial charge is 0.266 e. The number of carbonyl (C=O) groups excluding carboxylic acids is 2. The Morgan fingerprint density at radius 1 is 1.19 bits per heavy atom. The van der Waals surface area contributed by atoms with Crippen LogP contribution in [0.3, 0.4) is 0 Å². The van der Waals surface area contributed by atoms with Crippen molar-refractivity contribution in [3.8, 4) is 0 Å². The van der Waals surface area contributed by atoms with Crippen LogP contribution in [-0.4, -0.2) is 27.6 Å². The summed E-state index contributed by atoms with van der Waals surface area (Å²) in [6.07, 6.45) is 4.58. The number of allylic oxidation sites excluding steroid dienone is 2. The van der Waals surface area contributed by atoms with Crippen molar-refractivity contribution in [3.05, 3.63) is 80.7 Å². The summed E-state index contributed by atoms with van der Waals surface area (Å²) in [6.45, 7) is 2.33. The number of halogens is 2. The number of thioether (sulfide) groups is 1. The topological polar surface area (TPSA) is 49.4 Å². The number of thiocarbonyl (C=S) groups is 1. The summed E-state index contributed by atoms with van der Waals surface area (Å²) in [5.41, 5.74) is 2.54. The van der Waals surface area contributed by atoms with E-state index < -0.39 is 0 Å². The molecule has 1 saturated heterocycles. The van der Waals surface area contributed by atoms with E-state index in [0.717, 1.165) is 11.1 Å². The molecule has 0 atom stereocenters. The van der Waals surface area contributed by atoms with E-state index >= 15 is 0 Å². The Morgan fingerprint density at radius 2 is 1.94 bits per heavy atom. The molecule has 1 heterocycles. The molecule has 160 valence electrons. The maximum atomic E-state index is 12.7. The molecule has 0 aromatic heterocycles. The van der Waals surface area contributed by atoms with E-state index in [4.69, 9.17) is 35.4 Å². The van der Waals surface area contributed by atoms with Gasteiger partial charge in [-0.2, -0.15) is 0 Å². The molecule has 1 aliphatic heterocycles. The minimum absolute atomic E-state index is 0.128. The van der Waals surface area contributed by atoms with Crippen LogP contribution in [0.2, 0.25) is 10.0 Å². The van der Waals surface area contributed by atoms with Gasteiger partial charge in [0.2, 0.25) is 5.91 Å². The van der Waals surface area contributed by atoms with Crippen LogP contribution in [0, 0.1) is 0 Å². The first-order valence-electron chi connectivity index (χ1n) is 9.57. The highest BCUT2D eigenvalue weighted by Gasteiger charge is 2.31. The zero-order chi connectivity index (χ0) is 22.4. The Bertz CT molecular complexity index is 1070. The first-order chi connectivity index (χ1) is 14.8. The lowest BCUT2D eigenvalue weighted by Gasteiger charge is -2.14. The molecule has 31 heavy (non-hydrogen) atoms. The quantitative estimate of drug-likeness (QED) is 0.352. The van der Waals surface area contributed by atoms with Gasteiger partial charge < -0.3 is 5.32 Å². The van der Waals surface area contributed by atoms with Gasteiger partial charge in [-0.1, -0.05) is 83.6 Å². The van der Waals surface area contributed by atoms with Gasteiger partial charge in [0.1, 0.15) is 4.32 Å². The van der Waals surface area contributed by atoms with E-state index in [-0.39, 0.29) is 18.2 Å². The number of amides is 2. The predicted octanol–water partition coefficient (Wildman–Crippen LogP) is 6.56. The van der Waals surface area contributed by atoms with Crippen LogP contribution < -0.4 is 5.32 Å². The second kappa shape index (κ2) is 11.0. The first kappa shape index (κ1) is 23.5. The third-order valence-electron chi connectivity index (χ3n) is 4.42. The van der Waals surface area contributed by atoms with Crippen molar-refractivity contribution in [2.45, 2.75) is 19.8 Å². The molecule has 1 aliphatic rings. The number of benzene rings is 2. The van der Waals surface area contributed by atoms with Crippen molar-refractivity contribution in [1.82, 2.24) is 4.90 Å². The fourth-order valence-electron chi connectivity index (χ4n) is 2.95. The average molecular weight is 491 g/mol. The Balaban J connectivity index is 1.54. The van der Waals surface area contributed by atoms with E-state index in [1.807, 2.05) is 49.4 Å². The molecule has 0 spiro atoms. The Hall–Kier alpha value is -2.12. The van der Waals surface area contributed by atoms with E-state index in [1.165, 1.54) is 11.8 Å². The van der Waals surface area contributed by atoms with Gasteiger partial charge in [-0.3, -0.25) is 14.5 Å². The summed E-state index contributed by atoms with van der Waals surface area (Å²) in [6, 6.07) is 14.8. The van der Waals surface area contributed by atoms with E-state index in [1.54, 1.807) is 23.1 Å². The lowest BCUT2D eigenvalue weighted by atomic mass is 10.1. The first-order valence-corrected chi connectivity index (χ1v) is 11.5. The second-order valence-corrected chi connectivity index (χ2v) is 9.43. The van der Waals surface area contributed by atoms with Gasteiger partial charge in [0, 0.05) is 18.0 Å². The fraction of sp³-hybridized carbons (Fsp3) is 0.174. The van der Waals surface area contributed by atoms with Crippen LogP contribution in [0.4, 0.5) is 5.69 Å². The Kier molecular flexibility index (Phi) is 8.32. The largest absolute Gasteiger partial charge is 0.325 e. The number of rotatable bonds is 7. The number of carbonyl (C=O) groups is 2. The second-order valence-electron chi connectivity index (χ2n) is 6.91. The van der Waals surface area contributed by atoms with E-state index in [9.17, 15) is 9.59 Å². The molecule has 0 radical (unpaired) electrons. The molecule has 2 amide bonds. The van der Waals surface area contributed by atoms with Gasteiger partial charge in [0.25, 0.3) is 5.91 Å². The van der Waals surface area contributed by atoms with Gasteiger partial charge >= 0.3 is 0 Å². The normalized spacial score (nSPS) is 15.6. The van der Waals surface area contributed by atoms with Gasteiger partial charge in [-0.25, -0.2) is 0 Å². The molecule has 0 aliphatic carbocycles. The lowest BCUT2D eigenvalue weighted by Crippen LogP contribution is -2.29. The monoisotopic (exact) mass is 490 g/mol. The molecule has 0 bridgehead atoms. The SMILES string of the molecule is CC(=Cc1ccccc1)C=C1SC(=S)N(CCCC(=O)Nc2ccc(Cl)cc2Cl)C1=O. The highest BCUT2D eigenvalue weighted by atomic mass is 35.5. The minimum atomic E-state index is -0.188. The average Bonchev–Trinajstić information content (AvgIpc) is 2.98. The highest BCUT2D eigenvalue weighted by Crippen LogP contribution is 2.32. The van der Waals surface area contributed by atoms with Gasteiger partial charge in [-0.05, 0) is 48.8 Å². The van der Waals surface area contributed by atoms with Gasteiger partial charge in [0.05, 0.1) is 15.6 Å². The van der Waals surface area contributed by atoms with Crippen molar-refractivity contribution in [1.29, 1.82) is 0 Å². The molecular formula is C23H20Cl2N2O2S2. The summed E-state index contributed by atoms with van der Waals surface area (Å²) in [5, 5.41) is 3.63. The van der Waals surface area contributed by atoms with Crippen LogP contribution >= 0.6 is 47.2 Å². The zero-order valence-electron chi connectivity index (χ0n) is 16.7. The molecule has 3 rings (SSSR count).